The zero-order chi connectivity index (χ0) is 31.3. The molecule has 9 nitrogen and oxygen atoms in total. The largest absolute Gasteiger partial charge is 0.497 e. The van der Waals surface area contributed by atoms with E-state index in [1.165, 1.54) is 14.0 Å². The summed E-state index contributed by atoms with van der Waals surface area (Å²) < 4.78 is 54.0. The van der Waals surface area contributed by atoms with Crippen molar-refractivity contribution in [3.8, 4) is 22.8 Å². The van der Waals surface area contributed by atoms with Crippen LogP contribution in [0.1, 0.15) is 33.2 Å². The van der Waals surface area contributed by atoms with Gasteiger partial charge in [0.15, 0.2) is 11.3 Å². The van der Waals surface area contributed by atoms with E-state index in [-0.39, 0.29) is 35.1 Å². The van der Waals surface area contributed by atoms with Crippen LogP contribution in [0.5, 0.6) is 11.5 Å². The maximum Gasteiger partial charge on any atom is 0.433 e. The van der Waals surface area contributed by atoms with Crippen molar-refractivity contribution in [2.24, 2.45) is 0 Å². The third-order valence-corrected chi connectivity index (χ3v) is 7.44. The topological polar surface area (TPSA) is 92.4 Å². The fourth-order valence-electron chi connectivity index (χ4n) is 5.27. The SMILES string of the molecule is C=C.COc1ccc(-c2nc3c(C(=O)N4CCN([C@H](CO)c5cccc(OC)c5)CC4)cnn3c(C(F)(F)F)c2C)cc1. The average Bonchev–Trinajstić information content (AvgIpc) is 3.44. The third kappa shape index (κ3) is 6.35. The Morgan fingerprint density at radius 1 is 1.02 bits per heavy atom. The number of carbonyl (C=O) groups excluding carboxylic acids is 1. The van der Waals surface area contributed by atoms with E-state index in [1.807, 2.05) is 24.3 Å². The van der Waals surface area contributed by atoms with Crippen molar-refractivity contribution < 1.29 is 32.5 Å². The standard InChI is InChI=1S/C29H30F3N5O4.C2H4/c1-18-25(19-7-9-21(40-2)10-8-19)34-27-23(16-33-37(27)26(18)29(30,31)32)28(39)36-13-11-35(12-14-36)24(17-38)20-5-4-6-22(15-20)41-3;1-2/h4-10,15-16,24,38H,11-14,17H2,1-3H3;1-2H2/t24-;/m1./s1. The highest BCUT2D eigenvalue weighted by Gasteiger charge is 2.39. The van der Waals surface area contributed by atoms with E-state index in [0.717, 1.165) is 11.8 Å². The molecule has 0 radical (unpaired) electrons. The van der Waals surface area contributed by atoms with Crippen LogP contribution in [0.3, 0.4) is 0 Å². The Balaban J connectivity index is 0.00000207. The summed E-state index contributed by atoms with van der Waals surface area (Å²) in [4.78, 5) is 21.8. The van der Waals surface area contributed by atoms with E-state index in [4.69, 9.17) is 9.47 Å². The molecular formula is C31H34F3N5O4. The summed E-state index contributed by atoms with van der Waals surface area (Å²) in [6.07, 6.45) is -3.58. The minimum atomic E-state index is -4.73. The summed E-state index contributed by atoms with van der Waals surface area (Å²) in [5, 5.41) is 14.1. The van der Waals surface area contributed by atoms with Gasteiger partial charge in [0.1, 0.15) is 17.1 Å². The van der Waals surface area contributed by atoms with Gasteiger partial charge in [-0.15, -0.1) is 13.2 Å². The van der Waals surface area contributed by atoms with Crippen LogP contribution < -0.4 is 9.47 Å². The maximum atomic E-state index is 14.3. The number of rotatable bonds is 7. The predicted molar refractivity (Wildman–Crippen MR) is 156 cm³/mol. The van der Waals surface area contributed by atoms with E-state index in [0.29, 0.717) is 47.8 Å². The van der Waals surface area contributed by atoms with Crippen molar-refractivity contribution in [1.82, 2.24) is 24.4 Å². The van der Waals surface area contributed by atoms with E-state index in [2.05, 4.69) is 28.1 Å². The van der Waals surface area contributed by atoms with Crippen molar-refractivity contribution in [3.63, 3.8) is 0 Å². The van der Waals surface area contributed by atoms with Crippen LogP contribution in [0.4, 0.5) is 13.2 Å². The van der Waals surface area contributed by atoms with Crippen LogP contribution in [0.15, 0.2) is 67.9 Å². The van der Waals surface area contributed by atoms with Gasteiger partial charge in [0.2, 0.25) is 0 Å². The second-order valence-corrected chi connectivity index (χ2v) is 9.76. The second-order valence-electron chi connectivity index (χ2n) is 9.76. The van der Waals surface area contributed by atoms with Gasteiger partial charge in [0, 0.05) is 37.3 Å². The minimum absolute atomic E-state index is 0.00906. The number of nitrogens with zero attached hydrogens (tertiary/aromatic N) is 5. The molecule has 0 bridgehead atoms. The van der Waals surface area contributed by atoms with Crippen LogP contribution >= 0.6 is 0 Å². The first-order valence-electron chi connectivity index (χ1n) is 13.5. The molecule has 2 aromatic carbocycles. The number of benzene rings is 2. The van der Waals surface area contributed by atoms with Crippen LogP contribution in [0.25, 0.3) is 16.9 Å². The fraction of sp³-hybridized carbons (Fsp3) is 0.323. The first-order chi connectivity index (χ1) is 20.7. The van der Waals surface area contributed by atoms with Gasteiger partial charge >= 0.3 is 6.18 Å². The smallest absolute Gasteiger partial charge is 0.433 e. The molecule has 1 fully saturated rings. The van der Waals surface area contributed by atoms with Crippen molar-refractivity contribution in [3.05, 3.63) is 90.3 Å². The number of aliphatic hydroxyl groups is 1. The van der Waals surface area contributed by atoms with Gasteiger partial charge in [0.05, 0.1) is 38.8 Å². The van der Waals surface area contributed by atoms with E-state index in [9.17, 15) is 23.1 Å². The van der Waals surface area contributed by atoms with E-state index >= 15 is 0 Å². The number of amides is 1. The molecule has 1 aliphatic rings. The lowest BCUT2D eigenvalue weighted by Crippen LogP contribution is -2.50. The van der Waals surface area contributed by atoms with Crippen molar-refractivity contribution in [2.45, 2.75) is 19.1 Å². The molecule has 2 aromatic heterocycles. The molecule has 0 saturated carbocycles. The summed E-state index contributed by atoms with van der Waals surface area (Å²) >= 11 is 0. The molecule has 1 N–H and O–H groups in total. The maximum absolute atomic E-state index is 14.3. The molecule has 12 heteroatoms. The van der Waals surface area contributed by atoms with Crippen LogP contribution in [-0.4, -0.2) is 82.4 Å². The van der Waals surface area contributed by atoms with Crippen molar-refractivity contribution >= 4 is 11.6 Å². The monoisotopic (exact) mass is 597 g/mol. The number of aliphatic hydroxyl groups excluding tert-OH is 1. The van der Waals surface area contributed by atoms with Crippen LogP contribution in [-0.2, 0) is 6.18 Å². The summed E-state index contributed by atoms with van der Waals surface area (Å²) in [5.41, 5.74) is 0.198. The van der Waals surface area contributed by atoms with Gasteiger partial charge in [-0.05, 0) is 48.9 Å². The van der Waals surface area contributed by atoms with Crippen molar-refractivity contribution in [1.29, 1.82) is 0 Å². The van der Waals surface area contributed by atoms with E-state index < -0.39 is 17.8 Å². The molecule has 43 heavy (non-hydrogen) atoms. The highest BCUT2D eigenvalue weighted by Crippen LogP contribution is 2.37. The fourth-order valence-corrected chi connectivity index (χ4v) is 5.27. The molecule has 5 rings (SSSR count). The van der Waals surface area contributed by atoms with Crippen LogP contribution in [0.2, 0.25) is 0 Å². The van der Waals surface area contributed by atoms with Gasteiger partial charge < -0.3 is 19.5 Å². The Kier molecular flexibility index (Phi) is 9.72. The third-order valence-electron chi connectivity index (χ3n) is 7.44. The Morgan fingerprint density at radius 3 is 2.26 bits per heavy atom. The number of halogens is 3. The molecule has 1 atom stereocenters. The molecule has 1 saturated heterocycles. The summed E-state index contributed by atoms with van der Waals surface area (Å²) in [6, 6.07) is 13.7. The summed E-state index contributed by atoms with van der Waals surface area (Å²) in [6.45, 7) is 8.79. The predicted octanol–water partition coefficient (Wildman–Crippen LogP) is 5.03. The highest BCUT2D eigenvalue weighted by atomic mass is 19.4. The average molecular weight is 598 g/mol. The van der Waals surface area contributed by atoms with E-state index in [1.54, 1.807) is 36.3 Å². The Hall–Kier alpha value is -4.42. The zero-order valence-corrected chi connectivity index (χ0v) is 24.3. The molecular weight excluding hydrogens is 563 g/mol. The second kappa shape index (κ2) is 13.3. The number of piperazine rings is 1. The van der Waals surface area contributed by atoms with Gasteiger partial charge in [-0.2, -0.15) is 18.3 Å². The summed E-state index contributed by atoms with van der Waals surface area (Å²) in [5.74, 6) is 0.780. The lowest BCUT2D eigenvalue weighted by Gasteiger charge is -2.38. The number of methoxy groups -OCH3 is 2. The molecule has 0 unspecified atom stereocenters. The Bertz CT molecular complexity index is 1560. The van der Waals surface area contributed by atoms with Crippen molar-refractivity contribution in [2.75, 3.05) is 47.0 Å². The lowest BCUT2D eigenvalue weighted by atomic mass is 10.0. The van der Waals surface area contributed by atoms with Gasteiger partial charge in [0.25, 0.3) is 5.91 Å². The number of aromatic nitrogens is 3. The number of hydrogen-bond acceptors (Lipinski definition) is 7. The number of fused-ring (bicyclic) bond motifs is 1. The molecule has 3 heterocycles. The first-order valence-corrected chi connectivity index (χ1v) is 13.5. The van der Waals surface area contributed by atoms with Crippen LogP contribution in [0, 0.1) is 6.92 Å². The number of hydrogen-bond donors (Lipinski definition) is 1. The number of ether oxygens (including phenoxy) is 2. The lowest BCUT2D eigenvalue weighted by molar-refractivity contribution is -0.143. The minimum Gasteiger partial charge on any atom is -0.497 e. The van der Waals surface area contributed by atoms with Gasteiger partial charge in [-0.3, -0.25) is 9.69 Å². The Morgan fingerprint density at radius 2 is 1.67 bits per heavy atom. The quantitative estimate of drug-likeness (QED) is 0.299. The number of alkyl halides is 3. The van der Waals surface area contributed by atoms with Gasteiger partial charge in [-0.25, -0.2) is 9.50 Å². The van der Waals surface area contributed by atoms with Gasteiger partial charge in [-0.1, -0.05) is 12.1 Å². The number of carbonyl (C=O) groups is 1. The zero-order valence-electron chi connectivity index (χ0n) is 24.3. The normalized spacial score (nSPS) is 14.6. The summed E-state index contributed by atoms with van der Waals surface area (Å²) in [7, 11) is 3.07. The first kappa shape index (κ1) is 31.5. The molecule has 4 aromatic rings. The molecule has 228 valence electrons. The molecule has 1 amide bonds. The molecule has 0 spiro atoms. The Labute approximate surface area is 247 Å². The molecule has 0 aliphatic carbocycles. The molecule has 1 aliphatic heterocycles. The highest BCUT2D eigenvalue weighted by molar-refractivity contribution is 6.00.